The summed E-state index contributed by atoms with van der Waals surface area (Å²) in [6.07, 6.45) is 2.64. The van der Waals surface area contributed by atoms with E-state index >= 15 is 0 Å². The molecule has 2 aromatic rings. The standard InChI is InChI=1S/C13H16N2O/c16-9-7-11-3-5-12(6-4-11)15-10-13-2-1-8-14-13/h1-6,8,14-16H,7,9-10H2. The van der Waals surface area contributed by atoms with Gasteiger partial charge in [-0.25, -0.2) is 0 Å². The molecule has 0 radical (unpaired) electrons. The molecule has 2 rings (SSSR count). The molecule has 0 bridgehead atoms. The van der Waals surface area contributed by atoms with Crippen LogP contribution in [0.3, 0.4) is 0 Å². The average Bonchev–Trinajstić information content (AvgIpc) is 2.82. The van der Waals surface area contributed by atoms with E-state index < -0.39 is 0 Å². The Hall–Kier alpha value is -1.74. The predicted octanol–water partition coefficient (Wildman–Crippen LogP) is 2.16. The third-order valence-electron chi connectivity index (χ3n) is 2.50. The number of aromatic nitrogens is 1. The summed E-state index contributed by atoms with van der Waals surface area (Å²) in [6.45, 7) is 1.00. The molecule has 0 amide bonds. The first-order chi connectivity index (χ1) is 7.88. The van der Waals surface area contributed by atoms with Crippen molar-refractivity contribution in [3.05, 3.63) is 53.9 Å². The van der Waals surface area contributed by atoms with Gasteiger partial charge in [0.1, 0.15) is 0 Å². The quantitative estimate of drug-likeness (QED) is 0.717. The van der Waals surface area contributed by atoms with E-state index in [2.05, 4.69) is 10.3 Å². The first-order valence-corrected chi connectivity index (χ1v) is 5.44. The van der Waals surface area contributed by atoms with E-state index in [4.69, 9.17) is 5.11 Å². The van der Waals surface area contributed by atoms with Crippen LogP contribution in [0.25, 0.3) is 0 Å². The summed E-state index contributed by atoms with van der Waals surface area (Å²) in [4.78, 5) is 3.14. The molecular weight excluding hydrogens is 200 g/mol. The van der Waals surface area contributed by atoms with Crippen molar-refractivity contribution < 1.29 is 5.11 Å². The van der Waals surface area contributed by atoms with E-state index in [1.807, 2.05) is 42.6 Å². The minimum atomic E-state index is 0.204. The number of anilines is 1. The molecule has 3 N–H and O–H groups in total. The molecule has 0 spiro atoms. The van der Waals surface area contributed by atoms with E-state index in [1.54, 1.807) is 0 Å². The van der Waals surface area contributed by atoms with Crippen molar-refractivity contribution in [2.45, 2.75) is 13.0 Å². The van der Waals surface area contributed by atoms with Crippen molar-refractivity contribution >= 4 is 5.69 Å². The highest BCUT2D eigenvalue weighted by molar-refractivity contribution is 5.44. The zero-order valence-electron chi connectivity index (χ0n) is 9.11. The maximum Gasteiger partial charge on any atom is 0.0551 e. The van der Waals surface area contributed by atoms with Crippen LogP contribution in [0.4, 0.5) is 5.69 Å². The minimum Gasteiger partial charge on any atom is -0.396 e. The SMILES string of the molecule is OCCc1ccc(NCc2ccc[nH]2)cc1. The average molecular weight is 216 g/mol. The van der Waals surface area contributed by atoms with E-state index in [-0.39, 0.29) is 6.61 Å². The zero-order valence-corrected chi connectivity index (χ0v) is 9.11. The van der Waals surface area contributed by atoms with Crippen LogP contribution in [0.1, 0.15) is 11.3 Å². The highest BCUT2D eigenvalue weighted by Gasteiger charge is 1.95. The molecule has 0 atom stereocenters. The fourth-order valence-corrected chi connectivity index (χ4v) is 1.59. The van der Waals surface area contributed by atoms with Gasteiger partial charge in [0.05, 0.1) is 6.54 Å². The Labute approximate surface area is 95.1 Å². The van der Waals surface area contributed by atoms with Gasteiger partial charge in [-0.3, -0.25) is 0 Å². The van der Waals surface area contributed by atoms with Crippen molar-refractivity contribution in [3.63, 3.8) is 0 Å². The third-order valence-corrected chi connectivity index (χ3v) is 2.50. The van der Waals surface area contributed by atoms with Crippen molar-refractivity contribution in [2.24, 2.45) is 0 Å². The van der Waals surface area contributed by atoms with Crippen LogP contribution in [0, 0.1) is 0 Å². The summed E-state index contributed by atoms with van der Waals surface area (Å²) in [5.41, 5.74) is 3.42. The number of benzene rings is 1. The first kappa shape index (κ1) is 10.8. The number of hydrogen-bond donors (Lipinski definition) is 3. The van der Waals surface area contributed by atoms with Crippen LogP contribution in [-0.2, 0) is 13.0 Å². The summed E-state index contributed by atoms with van der Waals surface area (Å²) in [5, 5.41) is 12.1. The monoisotopic (exact) mass is 216 g/mol. The fourth-order valence-electron chi connectivity index (χ4n) is 1.59. The van der Waals surface area contributed by atoms with Crippen LogP contribution < -0.4 is 5.32 Å². The second-order valence-corrected chi connectivity index (χ2v) is 3.72. The predicted molar refractivity (Wildman–Crippen MR) is 65.4 cm³/mol. The Morgan fingerprint density at radius 3 is 2.56 bits per heavy atom. The maximum atomic E-state index is 8.80. The van der Waals surface area contributed by atoms with Crippen LogP contribution in [0.15, 0.2) is 42.6 Å². The molecule has 0 aliphatic heterocycles. The van der Waals surface area contributed by atoms with Crippen molar-refractivity contribution in [3.8, 4) is 0 Å². The summed E-state index contributed by atoms with van der Waals surface area (Å²) in [5.74, 6) is 0. The van der Waals surface area contributed by atoms with Gasteiger partial charge in [0.25, 0.3) is 0 Å². The Morgan fingerprint density at radius 1 is 1.12 bits per heavy atom. The van der Waals surface area contributed by atoms with Gasteiger partial charge in [-0.1, -0.05) is 12.1 Å². The number of H-pyrrole nitrogens is 1. The molecule has 0 fully saturated rings. The molecule has 0 saturated heterocycles. The van der Waals surface area contributed by atoms with Gasteiger partial charge in [-0.2, -0.15) is 0 Å². The lowest BCUT2D eigenvalue weighted by atomic mass is 10.1. The Bertz CT molecular complexity index is 406. The lowest BCUT2D eigenvalue weighted by molar-refractivity contribution is 0.299. The van der Waals surface area contributed by atoms with E-state index in [0.717, 1.165) is 24.2 Å². The molecular formula is C13H16N2O. The zero-order chi connectivity index (χ0) is 11.2. The van der Waals surface area contributed by atoms with Gasteiger partial charge in [-0.05, 0) is 36.2 Å². The Morgan fingerprint density at radius 2 is 1.94 bits per heavy atom. The number of rotatable bonds is 5. The Balaban J connectivity index is 1.90. The van der Waals surface area contributed by atoms with Gasteiger partial charge >= 0.3 is 0 Å². The highest BCUT2D eigenvalue weighted by Crippen LogP contribution is 2.11. The van der Waals surface area contributed by atoms with E-state index in [1.165, 1.54) is 5.69 Å². The molecule has 0 aliphatic carbocycles. The second-order valence-electron chi connectivity index (χ2n) is 3.72. The number of aliphatic hydroxyl groups is 1. The van der Waals surface area contributed by atoms with Gasteiger partial charge in [0.15, 0.2) is 0 Å². The van der Waals surface area contributed by atoms with Crippen LogP contribution in [0.2, 0.25) is 0 Å². The summed E-state index contributed by atoms with van der Waals surface area (Å²) in [7, 11) is 0. The molecule has 84 valence electrons. The number of aromatic amines is 1. The van der Waals surface area contributed by atoms with Crippen LogP contribution >= 0.6 is 0 Å². The van der Waals surface area contributed by atoms with Crippen molar-refractivity contribution in [2.75, 3.05) is 11.9 Å². The van der Waals surface area contributed by atoms with Gasteiger partial charge in [-0.15, -0.1) is 0 Å². The topological polar surface area (TPSA) is 48.0 Å². The van der Waals surface area contributed by atoms with Gasteiger partial charge < -0.3 is 15.4 Å². The molecule has 0 aliphatic rings. The van der Waals surface area contributed by atoms with Gasteiger partial charge in [0.2, 0.25) is 0 Å². The van der Waals surface area contributed by atoms with E-state index in [9.17, 15) is 0 Å². The molecule has 1 aromatic carbocycles. The number of nitrogens with one attached hydrogen (secondary N) is 2. The summed E-state index contributed by atoms with van der Waals surface area (Å²) < 4.78 is 0. The first-order valence-electron chi connectivity index (χ1n) is 5.44. The lowest BCUT2D eigenvalue weighted by Crippen LogP contribution is -1.99. The van der Waals surface area contributed by atoms with Gasteiger partial charge in [0, 0.05) is 24.2 Å². The molecule has 1 aromatic heterocycles. The normalized spacial score (nSPS) is 10.3. The minimum absolute atomic E-state index is 0.204. The molecule has 1 heterocycles. The molecule has 3 heteroatoms. The highest BCUT2D eigenvalue weighted by atomic mass is 16.2. The van der Waals surface area contributed by atoms with Crippen molar-refractivity contribution in [1.82, 2.24) is 4.98 Å². The largest absolute Gasteiger partial charge is 0.396 e. The smallest absolute Gasteiger partial charge is 0.0551 e. The molecule has 16 heavy (non-hydrogen) atoms. The van der Waals surface area contributed by atoms with Crippen LogP contribution in [-0.4, -0.2) is 16.7 Å². The molecule has 3 nitrogen and oxygen atoms in total. The molecule has 0 saturated carbocycles. The number of aliphatic hydroxyl groups excluding tert-OH is 1. The van der Waals surface area contributed by atoms with Crippen LogP contribution in [0.5, 0.6) is 0 Å². The fraction of sp³-hybridized carbons (Fsp3) is 0.231. The van der Waals surface area contributed by atoms with E-state index in [0.29, 0.717) is 0 Å². The Kier molecular flexibility index (Phi) is 3.62. The number of hydrogen-bond acceptors (Lipinski definition) is 2. The lowest BCUT2D eigenvalue weighted by Gasteiger charge is -2.06. The second kappa shape index (κ2) is 5.37. The third kappa shape index (κ3) is 2.87. The molecule has 0 unspecified atom stereocenters. The summed E-state index contributed by atoms with van der Waals surface area (Å²) >= 11 is 0. The summed E-state index contributed by atoms with van der Waals surface area (Å²) in [6, 6.07) is 12.2. The van der Waals surface area contributed by atoms with Crippen molar-refractivity contribution in [1.29, 1.82) is 0 Å². The maximum absolute atomic E-state index is 8.80.